The summed E-state index contributed by atoms with van der Waals surface area (Å²) in [5.41, 5.74) is 0. The number of carbonyl (C=O) groups excluding carboxylic acids is 2. The van der Waals surface area contributed by atoms with Crippen LogP contribution in [0.1, 0.15) is 66.2 Å². The molecule has 37 heavy (non-hydrogen) atoms. The Morgan fingerprint density at radius 3 is 1.68 bits per heavy atom. The van der Waals surface area contributed by atoms with Gasteiger partial charge in [0.2, 0.25) is 11.5 Å². The van der Waals surface area contributed by atoms with Crippen LogP contribution in [-0.2, 0) is 0 Å². The van der Waals surface area contributed by atoms with E-state index in [0.29, 0.717) is 40.7 Å². The van der Waals surface area contributed by atoms with Crippen LogP contribution in [0.4, 0.5) is 9.59 Å². The molecule has 0 aromatic heterocycles. The zero-order valence-electron chi connectivity index (χ0n) is 22.9. The lowest BCUT2D eigenvalue weighted by atomic mass is 10.0. The Hall–Kier alpha value is -2.87. The van der Waals surface area contributed by atoms with Crippen LogP contribution in [0.2, 0.25) is 5.02 Å². The topological polar surface area (TPSA) is 95.1 Å². The zero-order valence-corrected chi connectivity index (χ0v) is 23.6. The van der Waals surface area contributed by atoms with Gasteiger partial charge in [-0.15, -0.1) is 0 Å². The number of halogens is 1. The summed E-state index contributed by atoms with van der Waals surface area (Å²) < 4.78 is 22.6. The van der Waals surface area contributed by atoms with E-state index in [1.54, 1.807) is 18.2 Å². The molecule has 0 aliphatic heterocycles. The molecule has 2 amide bonds. The average Bonchev–Trinajstić information content (AvgIpc) is 2.89. The van der Waals surface area contributed by atoms with Crippen molar-refractivity contribution in [3.8, 4) is 23.0 Å². The number of nitrogens with one attached hydrogen (secondary N) is 2. The van der Waals surface area contributed by atoms with E-state index < -0.39 is 12.2 Å². The highest BCUT2D eigenvalue weighted by molar-refractivity contribution is 6.31. The van der Waals surface area contributed by atoms with E-state index >= 15 is 0 Å². The van der Waals surface area contributed by atoms with Crippen LogP contribution in [0, 0.1) is 11.8 Å². The highest BCUT2D eigenvalue weighted by atomic mass is 35.5. The summed E-state index contributed by atoms with van der Waals surface area (Å²) in [6, 6.07) is 4.97. The fourth-order valence-electron chi connectivity index (χ4n) is 4.01. The molecule has 2 N–H and O–H groups in total. The van der Waals surface area contributed by atoms with Gasteiger partial charge in [0.15, 0.2) is 11.5 Å². The van der Waals surface area contributed by atoms with Gasteiger partial charge in [0.1, 0.15) is 0 Å². The Balaban J connectivity index is 2.36. The molecule has 8 nitrogen and oxygen atoms in total. The van der Waals surface area contributed by atoms with Gasteiger partial charge < -0.3 is 29.6 Å². The van der Waals surface area contributed by atoms with E-state index in [2.05, 4.69) is 38.3 Å². The van der Waals surface area contributed by atoms with Crippen molar-refractivity contribution >= 4 is 34.6 Å². The van der Waals surface area contributed by atoms with E-state index in [1.165, 1.54) is 14.2 Å². The fourth-order valence-corrected chi connectivity index (χ4v) is 4.18. The Labute approximate surface area is 225 Å². The summed E-state index contributed by atoms with van der Waals surface area (Å²) in [7, 11) is 2.85. The maximum Gasteiger partial charge on any atom is 0.412 e. The molecule has 2 aromatic carbocycles. The minimum absolute atomic E-state index is 0.116. The van der Waals surface area contributed by atoms with Crippen LogP contribution >= 0.6 is 11.6 Å². The van der Waals surface area contributed by atoms with Crippen LogP contribution in [0.5, 0.6) is 23.0 Å². The van der Waals surface area contributed by atoms with Crippen molar-refractivity contribution < 1.29 is 28.5 Å². The third kappa shape index (κ3) is 8.88. The number of unbranched alkanes of at least 4 members (excludes halogenated alkanes) is 2. The number of fused-ring (bicyclic) bond motifs is 1. The lowest BCUT2D eigenvalue weighted by molar-refractivity contribution is 0.193. The monoisotopic (exact) mass is 536 g/mol. The standard InChI is InChI=1S/C28H41ClN2O6/c1-7-9-11-18(3)16-30-27(32)36-23-21-14-13-20(29)15-22(21)24(26(35-6)25(23)34-5)37-28(33)31-17-19(4)12-10-8-2/h13-15,18-19H,7-12,16-17H2,1-6H3,(H,30,32)(H,31,33). The summed E-state index contributed by atoms with van der Waals surface area (Å²) in [5.74, 6) is 1.14. The quantitative estimate of drug-likeness (QED) is 0.262. The molecule has 0 heterocycles. The number of benzene rings is 2. The smallest absolute Gasteiger partial charge is 0.412 e. The van der Waals surface area contributed by atoms with E-state index in [9.17, 15) is 9.59 Å². The van der Waals surface area contributed by atoms with Crippen LogP contribution < -0.4 is 29.6 Å². The highest BCUT2D eigenvalue weighted by Gasteiger charge is 2.27. The second kappa shape index (κ2) is 15.4. The first-order valence-electron chi connectivity index (χ1n) is 13.0. The van der Waals surface area contributed by atoms with E-state index in [-0.39, 0.29) is 23.0 Å². The van der Waals surface area contributed by atoms with Gasteiger partial charge in [0.25, 0.3) is 0 Å². The van der Waals surface area contributed by atoms with E-state index in [4.69, 9.17) is 30.5 Å². The minimum atomic E-state index is -0.627. The fraction of sp³-hybridized carbons (Fsp3) is 0.571. The van der Waals surface area contributed by atoms with Crippen LogP contribution in [0.15, 0.2) is 18.2 Å². The molecule has 0 spiro atoms. The maximum atomic E-state index is 12.7. The molecule has 2 aromatic rings. The molecule has 2 atom stereocenters. The summed E-state index contributed by atoms with van der Waals surface area (Å²) in [6.45, 7) is 9.40. The van der Waals surface area contributed by atoms with E-state index in [1.807, 2.05) is 0 Å². The second-order valence-electron chi connectivity index (χ2n) is 9.45. The SMILES string of the molecule is CCCCC(C)CNC(=O)Oc1c(OC)c(OC)c(OC(=O)NCC(C)CCCC)c2cc(Cl)ccc12. The zero-order chi connectivity index (χ0) is 27.4. The van der Waals surface area contributed by atoms with Crippen molar-refractivity contribution in [3.63, 3.8) is 0 Å². The van der Waals surface area contributed by atoms with Gasteiger partial charge in [0, 0.05) is 28.9 Å². The van der Waals surface area contributed by atoms with Gasteiger partial charge >= 0.3 is 12.2 Å². The lowest BCUT2D eigenvalue weighted by Crippen LogP contribution is -2.31. The third-order valence-electron chi connectivity index (χ3n) is 6.18. The first-order chi connectivity index (χ1) is 17.7. The van der Waals surface area contributed by atoms with Gasteiger partial charge in [-0.25, -0.2) is 9.59 Å². The average molecular weight is 537 g/mol. The van der Waals surface area contributed by atoms with Crippen LogP contribution in [0.3, 0.4) is 0 Å². The molecule has 0 fully saturated rings. The summed E-state index contributed by atoms with van der Waals surface area (Å²) in [5, 5.41) is 6.96. The number of ether oxygens (including phenoxy) is 4. The molecule has 0 saturated heterocycles. The third-order valence-corrected chi connectivity index (χ3v) is 6.41. The van der Waals surface area contributed by atoms with Crippen LogP contribution in [-0.4, -0.2) is 39.5 Å². The Morgan fingerprint density at radius 2 is 1.24 bits per heavy atom. The molecule has 0 aliphatic carbocycles. The van der Waals surface area contributed by atoms with Gasteiger partial charge in [-0.3, -0.25) is 0 Å². The number of hydrogen-bond acceptors (Lipinski definition) is 6. The molecule has 2 rings (SSSR count). The second-order valence-corrected chi connectivity index (χ2v) is 9.89. The molecule has 206 valence electrons. The number of carbonyl (C=O) groups is 2. The lowest BCUT2D eigenvalue weighted by Gasteiger charge is -2.20. The van der Waals surface area contributed by atoms with E-state index in [0.717, 1.165) is 38.5 Å². The van der Waals surface area contributed by atoms with Gasteiger partial charge in [-0.1, -0.05) is 65.0 Å². The van der Waals surface area contributed by atoms with Crippen LogP contribution in [0.25, 0.3) is 10.8 Å². The highest BCUT2D eigenvalue weighted by Crippen LogP contribution is 2.51. The van der Waals surface area contributed by atoms with Crippen molar-refractivity contribution in [2.75, 3.05) is 27.3 Å². The van der Waals surface area contributed by atoms with Gasteiger partial charge in [-0.2, -0.15) is 0 Å². The summed E-state index contributed by atoms with van der Waals surface area (Å²) in [4.78, 5) is 25.4. The number of rotatable bonds is 14. The molecule has 9 heteroatoms. The van der Waals surface area contributed by atoms with Crippen molar-refractivity contribution in [1.82, 2.24) is 10.6 Å². The minimum Gasteiger partial charge on any atom is -0.490 e. The number of amides is 2. The summed E-state index contributed by atoms with van der Waals surface area (Å²) in [6.07, 6.45) is 5.18. The molecule has 0 radical (unpaired) electrons. The predicted octanol–water partition coefficient (Wildman–Crippen LogP) is 7.34. The van der Waals surface area contributed by atoms with Gasteiger partial charge in [0.05, 0.1) is 14.2 Å². The van der Waals surface area contributed by atoms with Gasteiger partial charge in [-0.05, 0) is 42.9 Å². The molecule has 2 unspecified atom stereocenters. The molecular formula is C28H41ClN2O6. The molecule has 0 bridgehead atoms. The molecule has 0 saturated carbocycles. The van der Waals surface area contributed by atoms with Crippen molar-refractivity contribution in [3.05, 3.63) is 23.2 Å². The van der Waals surface area contributed by atoms with Crippen molar-refractivity contribution in [2.45, 2.75) is 66.2 Å². The summed E-state index contributed by atoms with van der Waals surface area (Å²) >= 11 is 6.28. The maximum absolute atomic E-state index is 12.7. The number of methoxy groups -OCH3 is 2. The molecule has 0 aliphatic rings. The largest absolute Gasteiger partial charge is 0.490 e. The molecular weight excluding hydrogens is 496 g/mol. The Bertz CT molecular complexity index is 1050. The Kier molecular flexibility index (Phi) is 12.6. The first-order valence-corrected chi connectivity index (χ1v) is 13.4. The van der Waals surface area contributed by atoms with Crippen molar-refractivity contribution in [1.29, 1.82) is 0 Å². The predicted molar refractivity (Wildman–Crippen MR) is 147 cm³/mol. The first kappa shape index (κ1) is 30.4. The Morgan fingerprint density at radius 1 is 0.784 bits per heavy atom. The van der Waals surface area contributed by atoms with Crippen molar-refractivity contribution in [2.24, 2.45) is 11.8 Å². The number of hydrogen-bond donors (Lipinski definition) is 2. The normalized spacial score (nSPS) is 12.5.